The van der Waals surface area contributed by atoms with E-state index in [-0.39, 0.29) is 11.6 Å². The average Bonchev–Trinajstić information content (AvgIpc) is 3.02. The summed E-state index contributed by atoms with van der Waals surface area (Å²) in [6, 6.07) is 0. The summed E-state index contributed by atoms with van der Waals surface area (Å²) in [5.41, 5.74) is 0.816. The molecule has 0 bridgehead atoms. The lowest BCUT2D eigenvalue weighted by molar-refractivity contribution is -0.150. The maximum Gasteiger partial charge on any atom is 0.331 e. The predicted octanol–water partition coefficient (Wildman–Crippen LogP) is 1.01. The smallest absolute Gasteiger partial charge is 0.331 e. The Morgan fingerprint density at radius 1 is 1.12 bits per heavy atom. The van der Waals surface area contributed by atoms with Gasteiger partial charge in [-0.05, 0) is 19.4 Å². The van der Waals surface area contributed by atoms with Gasteiger partial charge in [0.2, 0.25) is 0 Å². The van der Waals surface area contributed by atoms with Crippen molar-refractivity contribution in [2.24, 2.45) is 0 Å². The van der Waals surface area contributed by atoms with E-state index in [1.807, 2.05) is 6.92 Å². The van der Waals surface area contributed by atoms with E-state index in [9.17, 15) is 14.7 Å². The van der Waals surface area contributed by atoms with Crippen LogP contribution in [0, 0.1) is 13.8 Å². The van der Waals surface area contributed by atoms with Gasteiger partial charge in [0.25, 0.3) is 5.91 Å². The van der Waals surface area contributed by atoms with Crippen molar-refractivity contribution in [1.29, 1.82) is 0 Å². The van der Waals surface area contributed by atoms with Crippen molar-refractivity contribution in [3.8, 4) is 0 Å². The van der Waals surface area contributed by atoms with E-state index in [2.05, 4.69) is 15.1 Å². The molecule has 8 heteroatoms. The topological polar surface area (TPSA) is 101 Å². The maximum atomic E-state index is 12.5. The first-order valence-electron chi connectivity index (χ1n) is 7.75. The van der Waals surface area contributed by atoms with Crippen LogP contribution in [0.5, 0.6) is 0 Å². The molecule has 0 atom stereocenters. The minimum Gasteiger partial charge on any atom is -0.479 e. The molecule has 8 nitrogen and oxygen atoms in total. The molecule has 0 aliphatic carbocycles. The third kappa shape index (κ3) is 2.75. The average molecular weight is 329 g/mol. The van der Waals surface area contributed by atoms with Crippen LogP contribution in [0.3, 0.4) is 0 Å². The lowest BCUT2D eigenvalue weighted by Gasteiger charge is -2.38. The van der Waals surface area contributed by atoms with Crippen LogP contribution in [-0.4, -0.2) is 54.7 Å². The molecular weight excluding hydrogens is 310 g/mol. The largest absolute Gasteiger partial charge is 0.479 e. The number of amides is 1. The van der Waals surface area contributed by atoms with Crippen molar-refractivity contribution >= 4 is 11.9 Å². The van der Waals surface area contributed by atoms with Crippen LogP contribution in [0.1, 0.15) is 34.6 Å². The zero-order chi connectivity index (χ0) is 17.3. The normalized spacial score (nSPS) is 16.8. The molecule has 3 rings (SSSR count). The lowest BCUT2D eigenvalue weighted by Crippen LogP contribution is -2.52. The number of aryl methyl sites for hydroxylation is 2. The molecule has 1 saturated heterocycles. The minimum atomic E-state index is -1.11. The molecule has 2 aromatic heterocycles. The molecule has 126 valence electrons. The Kier molecular flexibility index (Phi) is 4.04. The van der Waals surface area contributed by atoms with Crippen molar-refractivity contribution < 1.29 is 14.7 Å². The summed E-state index contributed by atoms with van der Waals surface area (Å²) >= 11 is 0. The van der Waals surface area contributed by atoms with E-state index >= 15 is 0 Å². The predicted molar refractivity (Wildman–Crippen MR) is 84.5 cm³/mol. The van der Waals surface area contributed by atoms with Gasteiger partial charge in [-0.15, -0.1) is 0 Å². The van der Waals surface area contributed by atoms with Crippen LogP contribution in [0.2, 0.25) is 0 Å². The van der Waals surface area contributed by atoms with Gasteiger partial charge in [0.1, 0.15) is 5.69 Å². The fourth-order valence-electron chi connectivity index (χ4n) is 2.93. The highest BCUT2D eigenvalue weighted by Gasteiger charge is 2.45. The second kappa shape index (κ2) is 6.03. The van der Waals surface area contributed by atoms with Gasteiger partial charge >= 0.3 is 5.97 Å². The van der Waals surface area contributed by atoms with Crippen LogP contribution in [0.15, 0.2) is 24.8 Å². The first-order valence-corrected chi connectivity index (χ1v) is 7.75. The number of likely N-dealkylation sites (tertiary alicyclic amines) is 1. The van der Waals surface area contributed by atoms with Crippen LogP contribution < -0.4 is 0 Å². The molecular formula is C16H19N5O3. The standard InChI is InChI=1S/C16H19N5O3/c1-11-7-19-21(10-11)16(15(23)24)3-5-20(6-4-16)14(22)13-9-17-12(2)8-18-13/h7-10H,3-6H2,1-2H3,(H,23,24). The number of hydrogen-bond donors (Lipinski definition) is 1. The third-order valence-electron chi connectivity index (χ3n) is 4.43. The van der Waals surface area contributed by atoms with Crippen LogP contribution >= 0.6 is 0 Å². The highest BCUT2D eigenvalue weighted by molar-refractivity contribution is 5.92. The summed E-state index contributed by atoms with van der Waals surface area (Å²) in [5.74, 6) is -1.15. The number of hydrogen-bond acceptors (Lipinski definition) is 5. The quantitative estimate of drug-likeness (QED) is 0.901. The summed E-state index contributed by atoms with van der Waals surface area (Å²) in [7, 11) is 0. The Hall–Kier alpha value is -2.77. The van der Waals surface area contributed by atoms with E-state index in [0.29, 0.717) is 25.9 Å². The molecule has 1 aliphatic heterocycles. The number of carbonyl (C=O) groups is 2. The second-order valence-corrected chi connectivity index (χ2v) is 6.13. The SMILES string of the molecule is Cc1cnn(C2(C(=O)O)CCN(C(=O)c3cnc(C)cn3)CC2)c1. The maximum absolute atomic E-state index is 12.5. The Bertz CT molecular complexity index is 760. The minimum absolute atomic E-state index is 0.224. The second-order valence-electron chi connectivity index (χ2n) is 6.13. The Morgan fingerprint density at radius 3 is 2.33 bits per heavy atom. The van der Waals surface area contributed by atoms with Crippen molar-refractivity contribution in [3.63, 3.8) is 0 Å². The van der Waals surface area contributed by atoms with E-state index in [4.69, 9.17) is 0 Å². The lowest BCUT2D eigenvalue weighted by atomic mass is 9.87. The zero-order valence-corrected chi connectivity index (χ0v) is 13.6. The van der Waals surface area contributed by atoms with Crippen LogP contribution in [-0.2, 0) is 10.3 Å². The van der Waals surface area contributed by atoms with Gasteiger partial charge in [-0.25, -0.2) is 9.78 Å². The first-order chi connectivity index (χ1) is 11.4. The van der Waals surface area contributed by atoms with E-state index in [1.165, 1.54) is 10.9 Å². The molecule has 1 fully saturated rings. The number of carboxylic acid groups (broad SMARTS) is 1. The number of nitrogens with zero attached hydrogens (tertiary/aromatic N) is 5. The van der Waals surface area contributed by atoms with Gasteiger partial charge in [0, 0.05) is 38.3 Å². The summed E-state index contributed by atoms with van der Waals surface area (Å²) in [5, 5.41) is 13.9. The summed E-state index contributed by atoms with van der Waals surface area (Å²) in [6.45, 7) is 4.34. The molecule has 0 radical (unpaired) electrons. The van der Waals surface area contributed by atoms with Gasteiger partial charge < -0.3 is 10.0 Å². The van der Waals surface area contributed by atoms with Crippen LogP contribution in [0.25, 0.3) is 0 Å². The first kappa shape index (κ1) is 16.1. The zero-order valence-electron chi connectivity index (χ0n) is 13.6. The van der Waals surface area contributed by atoms with Gasteiger partial charge in [-0.1, -0.05) is 0 Å². The fourth-order valence-corrected chi connectivity index (χ4v) is 2.93. The van der Waals surface area contributed by atoms with Crippen LogP contribution in [0.4, 0.5) is 0 Å². The molecule has 0 spiro atoms. The molecule has 1 amide bonds. The summed E-state index contributed by atoms with van der Waals surface area (Å²) in [4.78, 5) is 34.2. The summed E-state index contributed by atoms with van der Waals surface area (Å²) in [6.07, 6.45) is 6.98. The molecule has 0 saturated carbocycles. The molecule has 2 aromatic rings. The van der Waals surface area contributed by atoms with Gasteiger partial charge in [0.15, 0.2) is 5.54 Å². The van der Waals surface area contributed by atoms with Gasteiger partial charge in [-0.2, -0.15) is 5.10 Å². The highest BCUT2D eigenvalue weighted by Crippen LogP contribution is 2.31. The van der Waals surface area contributed by atoms with Gasteiger partial charge in [-0.3, -0.25) is 14.5 Å². The van der Waals surface area contributed by atoms with Crippen molar-refractivity contribution in [1.82, 2.24) is 24.6 Å². The van der Waals surface area contributed by atoms with E-state index in [0.717, 1.165) is 11.3 Å². The number of piperidine rings is 1. The van der Waals surface area contributed by atoms with Crippen molar-refractivity contribution in [2.75, 3.05) is 13.1 Å². The number of carboxylic acids is 1. The fraction of sp³-hybridized carbons (Fsp3) is 0.438. The molecule has 1 aliphatic rings. The van der Waals surface area contributed by atoms with E-state index < -0.39 is 11.5 Å². The molecule has 0 aromatic carbocycles. The number of carbonyl (C=O) groups excluding carboxylic acids is 1. The van der Waals surface area contributed by atoms with Crippen molar-refractivity contribution in [3.05, 3.63) is 41.7 Å². The molecule has 24 heavy (non-hydrogen) atoms. The number of aliphatic carboxylic acids is 1. The molecule has 0 unspecified atom stereocenters. The highest BCUT2D eigenvalue weighted by atomic mass is 16.4. The van der Waals surface area contributed by atoms with Gasteiger partial charge in [0.05, 0.1) is 18.1 Å². The Balaban J connectivity index is 1.77. The molecule has 1 N–H and O–H groups in total. The number of aromatic nitrogens is 4. The Labute approximate surface area is 139 Å². The number of rotatable bonds is 3. The van der Waals surface area contributed by atoms with Crippen molar-refractivity contribution in [2.45, 2.75) is 32.2 Å². The summed E-state index contributed by atoms with van der Waals surface area (Å²) < 4.78 is 1.51. The molecule has 3 heterocycles. The monoisotopic (exact) mass is 329 g/mol. The van der Waals surface area contributed by atoms with E-state index in [1.54, 1.807) is 30.4 Å². The third-order valence-corrected chi connectivity index (χ3v) is 4.43. The Morgan fingerprint density at radius 2 is 1.83 bits per heavy atom.